The van der Waals surface area contributed by atoms with Crippen LogP contribution < -0.4 is 0 Å². The van der Waals surface area contributed by atoms with Crippen LogP contribution in [-0.4, -0.2) is 29.2 Å². The van der Waals surface area contributed by atoms with Crippen LogP contribution in [-0.2, 0) is 14.1 Å². The van der Waals surface area contributed by atoms with Crippen LogP contribution in [0.15, 0.2) is 46.8 Å². The molecule has 0 bridgehead atoms. The number of benzene rings is 1. The standard InChI is InChI=1S/C13H12N6O2S/c1-17-8-14-11(19(20)21)12(17)22-13-16-15-10(18(13)2)9-6-4-3-5-7-9/h3-8H,1-2H3. The molecular weight excluding hydrogens is 304 g/mol. The first kappa shape index (κ1) is 14.3. The molecule has 0 fully saturated rings. The summed E-state index contributed by atoms with van der Waals surface area (Å²) in [5.41, 5.74) is 0.934. The van der Waals surface area contributed by atoms with Crippen molar-refractivity contribution in [2.24, 2.45) is 14.1 Å². The lowest BCUT2D eigenvalue weighted by Crippen LogP contribution is -1.97. The number of imidazole rings is 1. The average Bonchev–Trinajstić information content (AvgIpc) is 3.05. The van der Waals surface area contributed by atoms with Gasteiger partial charge in [0.05, 0.1) is 0 Å². The Hall–Kier alpha value is -2.68. The van der Waals surface area contributed by atoms with Gasteiger partial charge in [0.15, 0.2) is 16.0 Å². The van der Waals surface area contributed by atoms with Crippen LogP contribution in [0.25, 0.3) is 11.4 Å². The van der Waals surface area contributed by atoms with Crippen LogP contribution in [0.4, 0.5) is 5.82 Å². The summed E-state index contributed by atoms with van der Waals surface area (Å²) in [7, 11) is 3.53. The van der Waals surface area contributed by atoms with Gasteiger partial charge in [-0.1, -0.05) is 30.3 Å². The highest BCUT2D eigenvalue weighted by Crippen LogP contribution is 2.33. The first-order chi connectivity index (χ1) is 10.6. The Morgan fingerprint density at radius 1 is 1.18 bits per heavy atom. The van der Waals surface area contributed by atoms with Gasteiger partial charge in [0, 0.05) is 19.7 Å². The molecule has 3 aromatic rings. The topological polar surface area (TPSA) is 91.7 Å². The molecule has 2 aromatic heterocycles. The molecule has 0 aliphatic heterocycles. The average molecular weight is 316 g/mol. The summed E-state index contributed by atoms with van der Waals surface area (Å²) < 4.78 is 3.40. The lowest BCUT2D eigenvalue weighted by molar-refractivity contribution is -0.392. The third-order valence-corrected chi connectivity index (χ3v) is 4.29. The molecule has 0 unspecified atom stereocenters. The Labute approximate surface area is 130 Å². The van der Waals surface area contributed by atoms with Gasteiger partial charge < -0.3 is 19.2 Å². The van der Waals surface area contributed by atoms with E-state index in [-0.39, 0.29) is 5.82 Å². The van der Waals surface area contributed by atoms with Gasteiger partial charge in [0.25, 0.3) is 0 Å². The quantitative estimate of drug-likeness (QED) is 0.541. The monoisotopic (exact) mass is 316 g/mol. The number of nitro groups is 1. The number of hydrogen-bond acceptors (Lipinski definition) is 6. The second-order valence-electron chi connectivity index (χ2n) is 4.57. The molecule has 0 radical (unpaired) electrons. The summed E-state index contributed by atoms with van der Waals surface area (Å²) in [5.74, 6) is 0.518. The number of aromatic nitrogens is 5. The van der Waals surface area contributed by atoms with Crippen molar-refractivity contribution in [1.82, 2.24) is 24.3 Å². The molecule has 22 heavy (non-hydrogen) atoms. The van der Waals surface area contributed by atoms with Crippen molar-refractivity contribution >= 4 is 17.6 Å². The zero-order valence-electron chi connectivity index (χ0n) is 11.9. The molecule has 112 valence electrons. The first-order valence-corrected chi connectivity index (χ1v) is 7.18. The zero-order chi connectivity index (χ0) is 15.7. The lowest BCUT2D eigenvalue weighted by Gasteiger charge is -2.04. The maximum atomic E-state index is 11.0. The van der Waals surface area contributed by atoms with E-state index in [1.54, 1.807) is 16.2 Å². The van der Waals surface area contributed by atoms with Gasteiger partial charge >= 0.3 is 5.82 Å². The Balaban J connectivity index is 1.97. The fraction of sp³-hybridized carbons (Fsp3) is 0.154. The first-order valence-electron chi connectivity index (χ1n) is 6.36. The third-order valence-electron chi connectivity index (χ3n) is 3.09. The summed E-state index contributed by atoms with van der Waals surface area (Å²) >= 11 is 1.17. The highest BCUT2D eigenvalue weighted by molar-refractivity contribution is 7.99. The van der Waals surface area contributed by atoms with Crippen molar-refractivity contribution in [3.63, 3.8) is 0 Å². The van der Waals surface area contributed by atoms with E-state index in [1.807, 2.05) is 37.4 Å². The number of hydrogen-bond donors (Lipinski definition) is 0. The van der Waals surface area contributed by atoms with Crippen molar-refractivity contribution in [3.8, 4) is 11.4 Å². The Morgan fingerprint density at radius 2 is 1.91 bits per heavy atom. The maximum absolute atomic E-state index is 11.0. The van der Waals surface area contributed by atoms with Crippen LogP contribution in [0.2, 0.25) is 0 Å². The van der Waals surface area contributed by atoms with E-state index < -0.39 is 4.92 Å². The minimum absolute atomic E-state index is 0.184. The molecule has 0 aliphatic carbocycles. The number of nitrogens with zero attached hydrogens (tertiary/aromatic N) is 6. The van der Waals surface area contributed by atoms with Gasteiger partial charge in [-0.3, -0.25) is 0 Å². The van der Waals surface area contributed by atoms with Crippen LogP contribution in [0.3, 0.4) is 0 Å². The summed E-state index contributed by atoms with van der Waals surface area (Å²) in [5, 5.41) is 20.3. The van der Waals surface area contributed by atoms with Crippen molar-refractivity contribution in [2.75, 3.05) is 0 Å². The summed E-state index contributed by atoms with van der Waals surface area (Å²) in [6.07, 6.45) is 1.41. The Kier molecular flexibility index (Phi) is 3.63. The molecule has 1 aromatic carbocycles. The van der Waals surface area contributed by atoms with Crippen molar-refractivity contribution in [2.45, 2.75) is 10.2 Å². The number of rotatable bonds is 4. The van der Waals surface area contributed by atoms with E-state index in [1.165, 1.54) is 18.1 Å². The van der Waals surface area contributed by atoms with E-state index in [0.717, 1.165) is 5.56 Å². The minimum atomic E-state index is -0.503. The molecule has 0 N–H and O–H groups in total. The minimum Gasteiger partial charge on any atom is -0.358 e. The maximum Gasteiger partial charge on any atom is 0.396 e. The summed E-state index contributed by atoms with van der Waals surface area (Å²) in [4.78, 5) is 14.3. The lowest BCUT2D eigenvalue weighted by atomic mass is 10.2. The van der Waals surface area contributed by atoms with E-state index in [9.17, 15) is 10.1 Å². The SMILES string of the molecule is Cn1cnc([N+](=O)[O-])c1Sc1nnc(-c2ccccc2)n1C. The number of aryl methyl sites for hydroxylation is 1. The largest absolute Gasteiger partial charge is 0.396 e. The van der Waals surface area contributed by atoms with Crippen LogP contribution in [0, 0.1) is 10.1 Å². The van der Waals surface area contributed by atoms with Gasteiger partial charge in [-0.25, -0.2) is 0 Å². The second-order valence-corrected chi connectivity index (χ2v) is 5.53. The van der Waals surface area contributed by atoms with E-state index in [2.05, 4.69) is 15.2 Å². The predicted molar refractivity (Wildman–Crippen MR) is 80.4 cm³/mol. The summed E-state index contributed by atoms with van der Waals surface area (Å²) in [6.45, 7) is 0. The van der Waals surface area contributed by atoms with E-state index in [0.29, 0.717) is 16.0 Å². The Bertz CT molecular complexity index is 826. The molecule has 0 amide bonds. The highest BCUT2D eigenvalue weighted by atomic mass is 32.2. The van der Waals surface area contributed by atoms with E-state index in [4.69, 9.17) is 0 Å². The van der Waals surface area contributed by atoms with Crippen molar-refractivity contribution < 1.29 is 4.92 Å². The van der Waals surface area contributed by atoms with Crippen LogP contribution >= 0.6 is 11.8 Å². The zero-order valence-corrected chi connectivity index (χ0v) is 12.7. The molecule has 3 rings (SSSR count). The molecule has 9 heteroatoms. The molecule has 0 saturated heterocycles. The van der Waals surface area contributed by atoms with Crippen LogP contribution in [0.1, 0.15) is 0 Å². The summed E-state index contributed by atoms with van der Waals surface area (Å²) in [6, 6.07) is 9.63. The predicted octanol–water partition coefficient (Wildman–Crippen LogP) is 2.27. The van der Waals surface area contributed by atoms with Gasteiger partial charge in [-0.15, -0.1) is 10.2 Å². The molecule has 0 spiro atoms. The molecule has 0 aliphatic rings. The molecule has 0 atom stereocenters. The fourth-order valence-electron chi connectivity index (χ4n) is 1.98. The van der Waals surface area contributed by atoms with Gasteiger partial charge in [0.1, 0.15) is 0 Å². The van der Waals surface area contributed by atoms with Gasteiger partial charge in [0.2, 0.25) is 6.33 Å². The smallest absolute Gasteiger partial charge is 0.358 e. The molecule has 8 nitrogen and oxygen atoms in total. The third kappa shape index (κ3) is 2.46. The molecular formula is C13H12N6O2S. The van der Waals surface area contributed by atoms with E-state index >= 15 is 0 Å². The second kappa shape index (κ2) is 5.60. The molecule has 2 heterocycles. The highest BCUT2D eigenvalue weighted by Gasteiger charge is 2.23. The van der Waals surface area contributed by atoms with Crippen LogP contribution in [0.5, 0.6) is 0 Å². The molecule has 0 saturated carbocycles. The normalized spacial score (nSPS) is 10.8. The van der Waals surface area contributed by atoms with Crippen molar-refractivity contribution in [3.05, 3.63) is 46.8 Å². The Morgan fingerprint density at radius 3 is 2.59 bits per heavy atom. The van der Waals surface area contributed by atoms with Gasteiger partial charge in [-0.05, 0) is 21.7 Å². The van der Waals surface area contributed by atoms with Gasteiger partial charge in [-0.2, -0.15) is 0 Å². The fourth-order valence-corrected chi connectivity index (χ4v) is 2.87. The van der Waals surface area contributed by atoms with Crippen molar-refractivity contribution in [1.29, 1.82) is 0 Å².